The van der Waals surface area contributed by atoms with Gasteiger partial charge in [-0.25, -0.2) is 4.79 Å². The van der Waals surface area contributed by atoms with Crippen molar-refractivity contribution in [2.45, 2.75) is 36.8 Å². The summed E-state index contributed by atoms with van der Waals surface area (Å²) in [6, 6.07) is 9.81. The molecule has 6 N–H and O–H groups in total. The summed E-state index contributed by atoms with van der Waals surface area (Å²) in [5.41, 5.74) is -2.04. The summed E-state index contributed by atoms with van der Waals surface area (Å²) in [7, 11) is 0. The molecule has 2 aromatic rings. The predicted molar refractivity (Wildman–Crippen MR) is 107 cm³/mol. The standard InChI is InChI=1S/C22H23O10/c23-10-17-19(27)20(28)22(30,21(29)32-17)14-4-2-1-3-13(14)11-31-18(26)8-6-12-5-7-15(24)16(25)9-12/h1-9,17,19-21,23-25,27-28,30H,10-11H2/q-1/b8-6+/t17-,19-,20+,21-,22-/m1/s1. The minimum atomic E-state index is -2.56. The number of aliphatic hydroxyl groups excluding tert-OH is 3. The smallest absolute Gasteiger partial charge is 0.331 e. The number of hydrogen-bond donors (Lipinski definition) is 6. The third-order valence-electron chi connectivity index (χ3n) is 5.22. The van der Waals surface area contributed by atoms with Crippen LogP contribution >= 0.6 is 0 Å². The fourth-order valence-corrected chi connectivity index (χ4v) is 3.43. The maximum Gasteiger partial charge on any atom is 0.331 e. The number of aliphatic hydroxyl groups is 4. The lowest BCUT2D eigenvalue weighted by atomic mass is 9.79. The number of phenolic OH excluding ortho intramolecular Hbond substituents is 2. The summed E-state index contributed by atoms with van der Waals surface area (Å²) >= 11 is 0. The van der Waals surface area contributed by atoms with Crippen molar-refractivity contribution in [2.75, 3.05) is 6.61 Å². The molecular formula is C22H23O10-. The molecule has 3 rings (SSSR count). The molecule has 10 nitrogen and oxygen atoms in total. The summed E-state index contributed by atoms with van der Waals surface area (Å²) < 4.78 is 10.1. The lowest BCUT2D eigenvalue weighted by Crippen LogP contribution is -2.68. The summed E-state index contributed by atoms with van der Waals surface area (Å²) in [4.78, 5) is 12.1. The number of phenols is 2. The zero-order valence-corrected chi connectivity index (χ0v) is 16.7. The highest BCUT2D eigenvalue weighted by molar-refractivity contribution is 5.87. The molecule has 0 aliphatic carbocycles. The first-order valence-electron chi connectivity index (χ1n) is 9.64. The second-order valence-electron chi connectivity index (χ2n) is 7.30. The van der Waals surface area contributed by atoms with Crippen molar-refractivity contribution in [2.24, 2.45) is 0 Å². The summed E-state index contributed by atoms with van der Waals surface area (Å²) in [5.74, 6) is -1.44. The molecule has 5 atom stereocenters. The highest BCUT2D eigenvalue weighted by Gasteiger charge is 2.51. The third-order valence-corrected chi connectivity index (χ3v) is 5.22. The van der Waals surface area contributed by atoms with Crippen LogP contribution in [0, 0.1) is 0 Å². The first-order chi connectivity index (χ1) is 15.2. The van der Waals surface area contributed by atoms with E-state index >= 15 is 0 Å². The van der Waals surface area contributed by atoms with Gasteiger partial charge in [0.1, 0.15) is 30.5 Å². The van der Waals surface area contributed by atoms with E-state index in [0.717, 1.165) is 6.08 Å². The van der Waals surface area contributed by atoms with E-state index in [9.17, 15) is 40.5 Å². The number of carbonyl (C=O) groups is 1. The molecule has 32 heavy (non-hydrogen) atoms. The Morgan fingerprint density at radius 3 is 2.56 bits per heavy atom. The zero-order valence-electron chi connectivity index (χ0n) is 16.7. The molecule has 0 bridgehead atoms. The Bertz CT molecular complexity index is 990. The number of hydrogen-bond acceptors (Lipinski definition) is 10. The molecule has 0 radical (unpaired) electrons. The molecule has 1 aliphatic rings. The van der Waals surface area contributed by atoms with E-state index in [1.165, 1.54) is 42.5 Å². The summed E-state index contributed by atoms with van der Waals surface area (Å²) in [6.45, 7) is -1.10. The van der Waals surface area contributed by atoms with Crippen LogP contribution < -0.4 is 5.11 Å². The Hall–Kier alpha value is -2.99. The number of rotatable bonds is 6. The molecule has 172 valence electrons. The van der Waals surface area contributed by atoms with Crippen LogP contribution in [0.25, 0.3) is 6.08 Å². The Morgan fingerprint density at radius 2 is 1.88 bits per heavy atom. The van der Waals surface area contributed by atoms with Gasteiger partial charge in [0.05, 0.1) is 6.61 Å². The minimum Gasteiger partial charge on any atom is -0.829 e. The Balaban J connectivity index is 1.76. The molecule has 0 saturated carbocycles. The second-order valence-corrected chi connectivity index (χ2v) is 7.30. The molecule has 0 aromatic heterocycles. The highest BCUT2D eigenvalue weighted by atomic mass is 16.6. The van der Waals surface area contributed by atoms with Gasteiger partial charge in [0.2, 0.25) is 0 Å². The van der Waals surface area contributed by atoms with E-state index in [2.05, 4.69) is 0 Å². The molecule has 10 heteroatoms. The van der Waals surface area contributed by atoms with Gasteiger partial charge in [-0.1, -0.05) is 30.3 Å². The number of ether oxygens (including phenoxy) is 2. The van der Waals surface area contributed by atoms with E-state index in [4.69, 9.17) is 9.47 Å². The van der Waals surface area contributed by atoms with Crippen molar-refractivity contribution in [1.29, 1.82) is 0 Å². The van der Waals surface area contributed by atoms with Gasteiger partial charge in [-0.3, -0.25) is 0 Å². The lowest BCUT2D eigenvalue weighted by molar-refractivity contribution is -0.555. The fourth-order valence-electron chi connectivity index (χ4n) is 3.43. The van der Waals surface area contributed by atoms with Crippen molar-refractivity contribution in [3.05, 3.63) is 65.2 Å². The maximum absolute atomic E-state index is 12.5. The van der Waals surface area contributed by atoms with Gasteiger partial charge in [0, 0.05) is 12.4 Å². The second kappa shape index (κ2) is 9.65. The van der Waals surface area contributed by atoms with Gasteiger partial charge < -0.3 is 45.2 Å². The topological polar surface area (TPSA) is 180 Å². The maximum atomic E-state index is 12.5. The number of benzene rings is 2. The van der Waals surface area contributed by atoms with Crippen LogP contribution in [0.4, 0.5) is 0 Å². The molecular weight excluding hydrogens is 424 g/mol. The summed E-state index contributed by atoms with van der Waals surface area (Å²) in [5, 5.41) is 72.0. The van der Waals surface area contributed by atoms with Crippen LogP contribution in [0.1, 0.15) is 16.7 Å². The van der Waals surface area contributed by atoms with Crippen molar-refractivity contribution >= 4 is 12.0 Å². The Morgan fingerprint density at radius 1 is 1.16 bits per heavy atom. The van der Waals surface area contributed by atoms with Crippen LogP contribution in [0.3, 0.4) is 0 Å². The van der Waals surface area contributed by atoms with Crippen molar-refractivity contribution in [1.82, 2.24) is 0 Å². The Kier molecular flexibility index (Phi) is 7.14. The van der Waals surface area contributed by atoms with Gasteiger partial charge in [-0.05, 0) is 34.9 Å². The van der Waals surface area contributed by atoms with Crippen LogP contribution in [0.15, 0.2) is 48.5 Å². The highest BCUT2D eigenvalue weighted by Crippen LogP contribution is 2.38. The molecule has 2 aromatic carbocycles. The summed E-state index contributed by atoms with van der Waals surface area (Å²) in [6.07, 6.45) is -4.85. The predicted octanol–water partition coefficient (Wildman–Crippen LogP) is -1.16. The molecule has 0 unspecified atom stereocenters. The van der Waals surface area contributed by atoms with Gasteiger partial charge in [-0.2, -0.15) is 0 Å². The van der Waals surface area contributed by atoms with E-state index in [1.807, 2.05) is 0 Å². The quantitative estimate of drug-likeness (QED) is 0.180. The minimum absolute atomic E-state index is 0.0943. The third kappa shape index (κ3) is 4.60. The van der Waals surface area contributed by atoms with E-state index in [0.29, 0.717) is 5.56 Å². The van der Waals surface area contributed by atoms with Gasteiger partial charge in [0.25, 0.3) is 0 Å². The lowest BCUT2D eigenvalue weighted by Gasteiger charge is -2.52. The Labute approximate surface area is 182 Å². The number of esters is 1. The van der Waals surface area contributed by atoms with Crippen LogP contribution in [0.5, 0.6) is 11.5 Å². The van der Waals surface area contributed by atoms with E-state index < -0.39 is 42.8 Å². The first-order valence-corrected chi connectivity index (χ1v) is 9.64. The molecule has 0 spiro atoms. The zero-order chi connectivity index (χ0) is 23.5. The number of aromatic hydroxyl groups is 2. The van der Waals surface area contributed by atoms with Gasteiger partial charge >= 0.3 is 5.97 Å². The van der Waals surface area contributed by atoms with Crippen molar-refractivity contribution in [3.8, 4) is 11.5 Å². The van der Waals surface area contributed by atoms with Crippen LogP contribution in [-0.4, -0.2) is 67.8 Å². The average Bonchev–Trinajstić information content (AvgIpc) is 2.79. The molecule has 1 aliphatic heterocycles. The van der Waals surface area contributed by atoms with Gasteiger partial charge in [-0.15, -0.1) is 0 Å². The van der Waals surface area contributed by atoms with E-state index in [1.54, 1.807) is 6.07 Å². The van der Waals surface area contributed by atoms with Crippen molar-refractivity contribution < 1.29 is 50.0 Å². The first kappa shape index (κ1) is 23.7. The molecule has 1 fully saturated rings. The molecule has 1 saturated heterocycles. The van der Waals surface area contributed by atoms with Crippen LogP contribution in [0.2, 0.25) is 0 Å². The molecule has 0 amide bonds. The number of carbonyl (C=O) groups excluding carboxylic acids is 1. The fraction of sp³-hybridized carbons (Fsp3) is 0.318. The largest absolute Gasteiger partial charge is 0.829 e. The monoisotopic (exact) mass is 447 g/mol. The average molecular weight is 447 g/mol. The normalized spacial score (nSPS) is 28.0. The molecule has 1 heterocycles. The van der Waals surface area contributed by atoms with Crippen molar-refractivity contribution in [3.63, 3.8) is 0 Å². The van der Waals surface area contributed by atoms with E-state index in [-0.39, 0.29) is 29.2 Å². The van der Waals surface area contributed by atoms with Crippen LogP contribution in [-0.2, 0) is 26.5 Å². The van der Waals surface area contributed by atoms with Gasteiger partial charge in [0.15, 0.2) is 11.5 Å². The SMILES string of the molecule is O=C(/C=C/c1ccc(O)c(O)c1)OCc1ccccc1[C@]1(O)[C@H]([O-])O[C@H](CO)[C@@H](O)[C@@H]1O.